The minimum atomic E-state index is -0.328. The molecule has 1 aromatic heterocycles. The van der Waals surface area contributed by atoms with Crippen LogP contribution < -0.4 is 20.1 Å². The van der Waals surface area contributed by atoms with E-state index in [-0.39, 0.29) is 37.1 Å². The van der Waals surface area contributed by atoms with Crippen LogP contribution in [0.5, 0.6) is 11.5 Å². The zero-order chi connectivity index (χ0) is 17.8. The van der Waals surface area contributed by atoms with E-state index in [9.17, 15) is 9.59 Å². The number of ether oxygens (including phenoxy) is 2. The van der Waals surface area contributed by atoms with Crippen molar-refractivity contribution in [3.8, 4) is 11.5 Å². The quantitative estimate of drug-likeness (QED) is 0.830. The minimum Gasteiger partial charge on any atom is -0.454 e. The van der Waals surface area contributed by atoms with E-state index in [1.807, 2.05) is 17.5 Å². The van der Waals surface area contributed by atoms with Gasteiger partial charge in [0.15, 0.2) is 11.5 Å². The lowest BCUT2D eigenvalue weighted by Gasteiger charge is -2.21. The molecular weight excluding hydrogens is 340 g/mol. The van der Waals surface area contributed by atoms with Gasteiger partial charge in [0.2, 0.25) is 12.7 Å². The summed E-state index contributed by atoms with van der Waals surface area (Å²) >= 11 is 1.61. The highest BCUT2D eigenvalue weighted by atomic mass is 32.1. The topological polar surface area (TPSA) is 76.7 Å². The van der Waals surface area contributed by atoms with Crippen LogP contribution in [-0.4, -0.2) is 25.2 Å². The largest absolute Gasteiger partial charge is 0.454 e. The molecule has 0 spiro atoms. The summed E-state index contributed by atoms with van der Waals surface area (Å²) in [6.07, 6.45) is 0. The number of carbonyl (C=O) groups excluding carboxylic acids is 2. The fourth-order valence-electron chi connectivity index (χ4n) is 2.56. The second-order valence-corrected chi connectivity index (χ2v) is 7.03. The lowest BCUT2D eigenvalue weighted by Crippen LogP contribution is -2.39. The molecule has 25 heavy (non-hydrogen) atoms. The maximum atomic E-state index is 12.2. The van der Waals surface area contributed by atoms with Crippen molar-refractivity contribution in [3.63, 3.8) is 0 Å². The highest BCUT2D eigenvalue weighted by Crippen LogP contribution is 2.32. The zero-order valence-electron chi connectivity index (χ0n) is 14.1. The Morgan fingerprint density at radius 3 is 2.72 bits per heavy atom. The van der Waals surface area contributed by atoms with E-state index >= 15 is 0 Å². The van der Waals surface area contributed by atoms with Crippen LogP contribution in [0, 0.1) is 5.92 Å². The molecule has 1 atom stereocenters. The van der Waals surface area contributed by atoms with Crippen molar-refractivity contribution in [2.24, 2.45) is 5.92 Å². The molecule has 2 aromatic rings. The van der Waals surface area contributed by atoms with E-state index in [4.69, 9.17) is 9.47 Å². The average Bonchev–Trinajstić information content (AvgIpc) is 3.27. The van der Waals surface area contributed by atoms with E-state index in [1.165, 1.54) is 0 Å². The van der Waals surface area contributed by atoms with E-state index in [0.29, 0.717) is 17.1 Å². The van der Waals surface area contributed by atoms with Gasteiger partial charge in [0, 0.05) is 10.4 Å². The number of fused-ring (bicyclic) bond motifs is 1. The number of thiophene rings is 1. The van der Waals surface area contributed by atoms with E-state index in [0.717, 1.165) is 4.88 Å². The van der Waals surface area contributed by atoms with Gasteiger partial charge in [0.05, 0.1) is 12.6 Å². The predicted molar refractivity (Wildman–Crippen MR) is 94.9 cm³/mol. The van der Waals surface area contributed by atoms with Crippen LogP contribution in [0.2, 0.25) is 0 Å². The Kier molecular flexibility index (Phi) is 5.23. The van der Waals surface area contributed by atoms with Crippen LogP contribution in [0.25, 0.3) is 0 Å². The zero-order valence-corrected chi connectivity index (χ0v) is 14.9. The van der Waals surface area contributed by atoms with Gasteiger partial charge < -0.3 is 20.1 Å². The van der Waals surface area contributed by atoms with Crippen LogP contribution in [0.15, 0.2) is 35.7 Å². The predicted octanol–water partition coefficient (Wildman–Crippen LogP) is 2.72. The van der Waals surface area contributed by atoms with Gasteiger partial charge in [-0.3, -0.25) is 9.59 Å². The first kappa shape index (κ1) is 17.3. The molecule has 6 nitrogen and oxygen atoms in total. The summed E-state index contributed by atoms with van der Waals surface area (Å²) in [5.74, 6) is 0.860. The first-order valence-corrected chi connectivity index (χ1v) is 8.93. The molecule has 1 aliphatic heterocycles. The van der Waals surface area contributed by atoms with Crippen molar-refractivity contribution >= 4 is 23.2 Å². The third kappa shape index (κ3) is 4.11. The van der Waals surface area contributed by atoms with Gasteiger partial charge in [-0.05, 0) is 35.6 Å². The van der Waals surface area contributed by atoms with Gasteiger partial charge in [0.1, 0.15) is 0 Å². The van der Waals surface area contributed by atoms with Crippen LogP contribution in [0.3, 0.4) is 0 Å². The molecule has 0 unspecified atom stereocenters. The molecule has 0 fully saturated rings. The van der Waals surface area contributed by atoms with Gasteiger partial charge in [-0.1, -0.05) is 19.9 Å². The van der Waals surface area contributed by atoms with E-state index in [1.54, 1.807) is 29.5 Å². The van der Waals surface area contributed by atoms with Gasteiger partial charge in [-0.25, -0.2) is 0 Å². The highest BCUT2D eigenvalue weighted by Gasteiger charge is 2.20. The summed E-state index contributed by atoms with van der Waals surface area (Å²) < 4.78 is 10.5. The van der Waals surface area contributed by atoms with Gasteiger partial charge in [0.25, 0.3) is 5.91 Å². The third-order valence-corrected chi connectivity index (χ3v) is 4.83. The van der Waals surface area contributed by atoms with Crippen LogP contribution >= 0.6 is 11.3 Å². The number of hydrogen-bond donors (Lipinski definition) is 2. The van der Waals surface area contributed by atoms with Crippen LogP contribution in [-0.2, 0) is 4.79 Å². The maximum Gasteiger partial charge on any atom is 0.251 e. The molecule has 1 aromatic carbocycles. The molecule has 2 amide bonds. The number of carbonyl (C=O) groups is 2. The van der Waals surface area contributed by atoms with Gasteiger partial charge >= 0.3 is 0 Å². The number of amides is 2. The number of nitrogens with one attached hydrogen (secondary N) is 2. The molecule has 7 heteroatoms. The van der Waals surface area contributed by atoms with E-state index in [2.05, 4.69) is 24.5 Å². The molecule has 1 aliphatic rings. The fourth-order valence-corrected chi connectivity index (χ4v) is 3.51. The number of rotatable bonds is 6. The minimum absolute atomic E-state index is 0.0602. The Balaban J connectivity index is 1.55. The molecule has 2 N–H and O–H groups in total. The molecule has 0 aliphatic carbocycles. The van der Waals surface area contributed by atoms with Crippen molar-refractivity contribution in [3.05, 3.63) is 46.2 Å². The summed E-state index contributed by atoms with van der Waals surface area (Å²) in [7, 11) is 0. The Morgan fingerprint density at radius 2 is 2.00 bits per heavy atom. The fraction of sp³-hybridized carbons (Fsp3) is 0.333. The molecule has 3 rings (SSSR count). The first-order chi connectivity index (χ1) is 12.0. The first-order valence-electron chi connectivity index (χ1n) is 8.05. The molecule has 0 bridgehead atoms. The molecule has 0 saturated heterocycles. The van der Waals surface area contributed by atoms with E-state index < -0.39 is 0 Å². The molecule has 2 heterocycles. The van der Waals surface area contributed by atoms with Crippen molar-refractivity contribution in [1.82, 2.24) is 10.6 Å². The Hall–Kier alpha value is -2.54. The number of benzene rings is 1. The summed E-state index contributed by atoms with van der Waals surface area (Å²) in [5.41, 5.74) is 0.427. The molecule has 0 radical (unpaired) electrons. The smallest absolute Gasteiger partial charge is 0.251 e. The van der Waals surface area contributed by atoms with Gasteiger partial charge in [-0.2, -0.15) is 0 Å². The second kappa shape index (κ2) is 7.57. The molecule has 132 valence electrons. The maximum absolute atomic E-state index is 12.2. The average molecular weight is 360 g/mol. The van der Waals surface area contributed by atoms with Gasteiger partial charge in [-0.15, -0.1) is 11.3 Å². The summed E-state index contributed by atoms with van der Waals surface area (Å²) in [6.45, 7) is 4.18. The SMILES string of the molecule is CC(C)[C@@H](NC(=O)CNC(=O)c1ccc2c(c1)OCO2)c1cccs1. The van der Waals surface area contributed by atoms with Crippen LogP contribution in [0.1, 0.15) is 35.1 Å². The monoisotopic (exact) mass is 360 g/mol. The standard InChI is InChI=1S/C18H20N2O4S/c1-11(2)17(15-4-3-7-25-15)20-16(21)9-19-18(22)12-5-6-13-14(8-12)24-10-23-13/h3-8,11,17H,9-10H2,1-2H3,(H,19,22)(H,20,21)/t17-/m1/s1. The lowest BCUT2D eigenvalue weighted by atomic mass is 10.0. The van der Waals surface area contributed by atoms with Crippen molar-refractivity contribution in [2.45, 2.75) is 19.9 Å². The second-order valence-electron chi connectivity index (χ2n) is 6.06. The Labute approximate surface area is 150 Å². The summed E-state index contributed by atoms with van der Waals surface area (Å²) in [5, 5.41) is 7.60. The highest BCUT2D eigenvalue weighted by molar-refractivity contribution is 7.10. The van der Waals surface area contributed by atoms with Crippen LogP contribution in [0.4, 0.5) is 0 Å². The number of hydrogen-bond acceptors (Lipinski definition) is 5. The summed E-state index contributed by atoms with van der Waals surface area (Å²) in [6, 6.07) is 8.84. The third-order valence-electron chi connectivity index (χ3n) is 3.88. The van der Waals surface area contributed by atoms with Crippen molar-refractivity contribution in [1.29, 1.82) is 0 Å². The Morgan fingerprint density at radius 1 is 1.20 bits per heavy atom. The molecule has 0 saturated carbocycles. The Bertz CT molecular complexity index is 758. The summed E-state index contributed by atoms with van der Waals surface area (Å²) in [4.78, 5) is 25.5. The lowest BCUT2D eigenvalue weighted by molar-refractivity contribution is -0.121. The van der Waals surface area contributed by atoms with Crippen molar-refractivity contribution < 1.29 is 19.1 Å². The normalized spacial score (nSPS) is 13.6. The molecular formula is C18H20N2O4S. The van der Waals surface area contributed by atoms with Crippen molar-refractivity contribution in [2.75, 3.05) is 13.3 Å².